The van der Waals surface area contributed by atoms with E-state index < -0.39 is 0 Å². The zero-order chi connectivity index (χ0) is 14.0. The van der Waals surface area contributed by atoms with Crippen LogP contribution in [0.4, 0.5) is 4.39 Å². The summed E-state index contributed by atoms with van der Waals surface area (Å²) in [5.74, 6) is -0.183. The van der Waals surface area contributed by atoms with Crippen LogP contribution in [-0.2, 0) is 6.54 Å². The van der Waals surface area contributed by atoms with Crippen molar-refractivity contribution in [3.05, 3.63) is 34.1 Å². The van der Waals surface area contributed by atoms with Gasteiger partial charge in [0, 0.05) is 31.7 Å². The Morgan fingerprint density at radius 2 is 2.05 bits per heavy atom. The summed E-state index contributed by atoms with van der Waals surface area (Å²) in [5.41, 5.74) is 1.53. The average molecular weight is 341 g/mol. The van der Waals surface area contributed by atoms with Crippen LogP contribution in [0.5, 0.6) is 0 Å². The first-order chi connectivity index (χ1) is 9.67. The van der Waals surface area contributed by atoms with E-state index in [9.17, 15) is 4.39 Å². The molecule has 20 heavy (non-hydrogen) atoms. The van der Waals surface area contributed by atoms with Crippen molar-refractivity contribution in [3.8, 4) is 0 Å². The minimum Gasteiger partial charge on any atom is -0.309 e. The fourth-order valence-electron chi connectivity index (χ4n) is 3.64. The number of nitrogens with one attached hydrogen (secondary N) is 1. The predicted octanol–water partition coefficient (Wildman–Crippen LogP) is 3.70. The monoisotopic (exact) mass is 340 g/mol. The molecular formula is C16H22BrFN2. The largest absolute Gasteiger partial charge is 0.309 e. The van der Waals surface area contributed by atoms with Gasteiger partial charge in [-0.3, -0.25) is 4.90 Å². The third-order valence-corrected chi connectivity index (χ3v) is 5.26. The molecule has 0 unspecified atom stereocenters. The maximum Gasteiger partial charge on any atom is 0.137 e. The van der Waals surface area contributed by atoms with Crippen LogP contribution >= 0.6 is 15.9 Å². The number of halogens is 2. The molecule has 1 saturated carbocycles. The molecule has 0 aromatic heterocycles. The van der Waals surface area contributed by atoms with E-state index in [1.807, 2.05) is 12.1 Å². The summed E-state index contributed by atoms with van der Waals surface area (Å²) >= 11 is 3.28. The molecule has 1 saturated heterocycles. The van der Waals surface area contributed by atoms with E-state index in [4.69, 9.17) is 0 Å². The van der Waals surface area contributed by atoms with Gasteiger partial charge in [-0.1, -0.05) is 25.3 Å². The van der Waals surface area contributed by atoms with Gasteiger partial charge < -0.3 is 5.32 Å². The smallest absolute Gasteiger partial charge is 0.137 e. The van der Waals surface area contributed by atoms with E-state index in [-0.39, 0.29) is 5.82 Å². The van der Waals surface area contributed by atoms with Crippen LogP contribution in [0.2, 0.25) is 0 Å². The van der Waals surface area contributed by atoms with E-state index in [0.29, 0.717) is 10.0 Å². The first-order valence-corrected chi connectivity index (χ1v) is 8.38. The molecule has 0 bridgehead atoms. The van der Waals surface area contributed by atoms with Crippen molar-refractivity contribution in [1.82, 2.24) is 10.2 Å². The van der Waals surface area contributed by atoms with Crippen LogP contribution in [0.3, 0.4) is 0 Å². The molecule has 0 radical (unpaired) electrons. The Kier molecular flexibility index (Phi) is 4.43. The summed E-state index contributed by atoms with van der Waals surface area (Å²) < 4.78 is 13.9. The average Bonchev–Trinajstić information content (AvgIpc) is 2.44. The maximum atomic E-state index is 13.3. The van der Waals surface area contributed by atoms with E-state index in [2.05, 4.69) is 26.1 Å². The Morgan fingerprint density at radius 3 is 2.80 bits per heavy atom. The van der Waals surface area contributed by atoms with Gasteiger partial charge in [-0.05, 0) is 46.5 Å². The molecule has 0 atom stereocenters. The zero-order valence-corrected chi connectivity index (χ0v) is 13.4. The lowest BCUT2D eigenvalue weighted by molar-refractivity contribution is 0.0945. The lowest BCUT2D eigenvalue weighted by Gasteiger charge is -2.46. The molecule has 2 aliphatic rings. The molecule has 0 amide bonds. The van der Waals surface area contributed by atoms with Gasteiger partial charge in [-0.25, -0.2) is 4.39 Å². The lowest BCUT2D eigenvalue weighted by Crippen LogP contribution is -2.60. The molecule has 2 fully saturated rings. The second kappa shape index (κ2) is 6.12. The SMILES string of the molecule is Fc1ccc(CN2CCNC3(CCCCC3)C2)cc1Br. The zero-order valence-electron chi connectivity index (χ0n) is 11.8. The van der Waals surface area contributed by atoms with Crippen LogP contribution in [-0.4, -0.2) is 30.1 Å². The minimum absolute atomic E-state index is 0.183. The number of rotatable bonds is 2. The van der Waals surface area contributed by atoms with Gasteiger partial charge in [0.2, 0.25) is 0 Å². The molecule has 4 heteroatoms. The summed E-state index contributed by atoms with van der Waals surface area (Å²) in [6.45, 7) is 4.20. The molecule has 3 rings (SSSR count). The summed E-state index contributed by atoms with van der Waals surface area (Å²) in [4.78, 5) is 2.52. The Morgan fingerprint density at radius 1 is 1.25 bits per heavy atom. The highest BCUT2D eigenvalue weighted by Gasteiger charge is 2.35. The highest BCUT2D eigenvalue weighted by atomic mass is 79.9. The van der Waals surface area contributed by atoms with Crippen molar-refractivity contribution >= 4 is 15.9 Å². The van der Waals surface area contributed by atoms with Crippen LogP contribution in [0, 0.1) is 5.82 Å². The van der Waals surface area contributed by atoms with Gasteiger partial charge >= 0.3 is 0 Å². The number of nitrogens with zero attached hydrogens (tertiary/aromatic N) is 1. The van der Waals surface area contributed by atoms with Crippen molar-refractivity contribution in [2.75, 3.05) is 19.6 Å². The molecule has 1 spiro atoms. The van der Waals surface area contributed by atoms with Crippen LogP contribution in [0.25, 0.3) is 0 Å². The number of benzene rings is 1. The fourth-order valence-corrected chi connectivity index (χ4v) is 4.06. The normalized spacial score (nSPS) is 23.1. The molecule has 1 aliphatic heterocycles. The molecule has 1 aliphatic carbocycles. The summed E-state index contributed by atoms with van der Waals surface area (Å²) in [7, 11) is 0. The van der Waals surface area contributed by atoms with Gasteiger partial charge in [0.15, 0.2) is 0 Å². The minimum atomic E-state index is -0.183. The lowest BCUT2D eigenvalue weighted by atomic mass is 9.80. The van der Waals surface area contributed by atoms with Crippen molar-refractivity contribution in [2.45, 2.75) is 44.2 Å². The van der Waals surface area contributed by atoms with Gasteiger partial charge in [-0.2, -0.15) is 0 Å². The number of hydrogen-bond donors (Lipinski definition) is 1. The van der Waals surface area contributed by atoms with Gasteiger partial charge in [0.05, 0.1) is 4.47 Å². The van der Waals surface area contributed by atoms with Crippen LogP contribution < -0.4 is 5.32 Å². The van der Waals surface area contributed by atoms with E-state index in [1.165, 1.54) is 37.7 Å². The third-order valence-electron chi connectivity index (χ3n) is 4.66. The fraction of sp³-hybridized carbons (Fsp3) is 0.625. The Bertz CT molecular complexity index is 466. The van der Waals surface area contributed by atoms with E-state index >= 15 is 0 Å². The van der Waals surface area contributed by atoms with E-state index in [1.54, 1.807) is 6.07 Å². The van der Waals surface area contributed by atoms with Crippen molar-refractivity contribution in [3.63, 3.8) is 0 Å². The summed E-state index contributed by atoms with van der Waals surface area (Å²) in [6.07, 6.45) is 6.69. The van der Waals surface area contributed by atoms with Crippen molar-refractivity contribution in [2.24, 2.45) is 0 Å². The highest BCUT2D eigenvalue weighted by molar-refractivity contribution is 9.10. The van der Waals surface area contributed by atoms with Gasteiger partial charge in [0.1, 0.15) is 5.82 Å². The molecule has 110 valence electrons. The molecule has 2 nitrogen and oxygen atoms in total. The second-order valence-corrected chi connectivity index (χ2v) is 7.08. The Hall–Kier alpha value is -0.450. The molecule has 1 heterocycles. The quantitative estimate of drug-likeness (QED) is 0.883. The summed E-state index contributed by atoms with van der Waals surface area (Å²) in [5, 5.41) is 3.76. The molecule has 1 N–H and O–H groups in total. The second-order valence-electron chi connectivity index (χ2n) is 6.23. The van der Waals surface area contributed by atoms with Crippen LogP contribution in [0.15, 0.2) is 22.7 Å². The Balaban J connectivity index is 1.66. The van der Waals surface area contributed by atoms with Crippen LogP contribution in [0.1, 0.15) is 37.7 Å². The summed E-state index contributed by atoms with van der Waals surface area (Å²) in [6, 6.07) is 5.36. The topological polar surface area (TPSA) is 15.3 Å². The predicted molar refractivity (Wildman–Crippen MR) is 83.2 cm³/mol. The third kappa shape index (κ3) is 3.23. The first kappa shape index (κ1) is 14.5. The first-order valence-electron chi connectivity index (χ1n) is 7.58. The van der Waals surface area contributed by atoms with Crippen molar-refractivity contribution in [1.29, 1.82) is 0 Å². The van der Waals surface area contributed by atoms with Gasteiger partial charge in [-0.15, -0.1) is 0 Å². The van der Waals surface area contributed by atoms with Crippen molar-refractivity contribution < 1.29 is 4.39 Å². The number of piperazine rings is 1. The molecular weight excluding hydrogens is 319 g/mol. The van der Waals surface area contributed by atoms with Gasteiger partial charge in [0.25, 0.3) is 0 Å². The van der Waals surface area contributed by atoms with E-state index in [0.717, 1.165) is 26.2 Å². The standard InChI is InChI=1S/C16H22BrFN2/c17-14-10-13(4-5-15(14)18)11-20-9-8-19-16(12-20)6-2-1-3-7-16/h4-5,10,19H,1-3,6-9,11-12H2. The number of hydrogen-bond acceptors (Lipinski definition) is 2. The molecule has 1 aromatic rings. The maximum absolute atomic E-state index is 13.3. The highest BCUT2D eigenvalue weighted by Crippen LogP contribution is 2.31. The Labute approximate surface area is 128 Å². The molecule has 1 aromatic carbocycles.